The van der Waals surface area contributed by atoms with Gasteiger partial charge < -0.3 is 49.8 Å². The van der Waals surface area contributed by atoms with Crippen molar-refractivity contribution in [3.63, 3.8) is 0 Å². The molecule has 2 heterocycles. The number of carbonyl (C=O) groups is 2. The number of amides is 1. The molecule has 2 saturated heterocycles. The summed E-state index contributed by atoms with van der Waals surface area (Å²) in [5.41, 5.74) is 0. The summed E-state index contributed by atoms with van der Waals surface area (Å²) >= 11 is 0. The quantitative estimate of drug-likeness (QED) is 0.244. The number of rotatable bonds is 7. The molecule has 0 bridgehead atoms. The fraction of sp³-hybridized carbons (Fsp3) is 0.882. The molecule has 0 aromatic heterocycles. The van der Waals surface area contributed by atoms with Gasteiger partial charge in [0.25, 0.3) is 0 Å². The fourth-order valence-electron chi connectivity index (χ4n) is 3.56. The van der Waals surface area contributed by atoms with E-state index in [2.05, 4.69) is 5.32 Å². The van der Waals surface area contributed by atoms with Crippen LogP contribution in [0.5, 0.6) is 0 Å². The van der Waals surface area contributed by atoms with Crippen molar-refractivity contribution in [2.45, 2.75) is 81.9 Å². The van der Waals surface area contributed by atoms with Crippen LogP contribution in [0.2, 0.25) is 0 Å². The van der Waals surface area contributed by atoms with Crippen molar-refractivity contribution in [3.8, 4) is 0 Å². The minimum Gasteiger partial charge on any atom is -0.479 e. The van der Waals surface area contributed by atoms with Gasteiger partial charge in [-0.15, -0.1) is 0 Å². The molecule has 10 atom stereocenters. The number of ether oxygens (including phenoxy) is 4. The summed E-state index contributed by atoms with van der Waals surface area (Å²) in [7, 11) is 0. The molecule has 0 radical (unpaired) electrons. The highest BCUT2D eigenvalue weighted by molar-refractivity contribution is 5.73. The molecule has 2 aliphatic heterocycles. The maximum Gasteiger partial charge on any atom is 0.335 e. The summed E-state index contributed by atoms with van der Waals surface area (Å²) in [6.07, 6.45) is -12.4. The largest absolute Gasteiger partial charge is 0.479 e. The van der Waals surface area contributed by atoms with Crippen molar-refractivity contribution in [1.29, 1.82) is 0 Å². The van der Waals surface area contributed by atoms with E-state index in [1.165, 1.54) is 6.92 Å². The van der Waals surface area contributed by atoms with E-state index in [9.17, 15) is 35.1 Å². The van der Waals surface area contributed by atoms with Gasteiger partial charge in [0, 0.05) is 13.5 Å². The normalized spacial score (nSPS) is 43.0. The van der Waals surface area contributed by atoms with Crippen LogP contribution in [-0.2, 0) is 28.5 Å². The van der Waals surface area contributed by atoms with E-state index in [-0.39, 0.29) is 6.61 Å². The Labute approximate surface area is 167 Å². The van der Waals surface area contributed by atoms with Gasteiger partial charge in [-0.1, -0.05) is 0 Å². The van der Waals surface area contributed by atoms with E-state index in [4.69, 9.17) is 18.9 Å². The SMILES string of the molecule is CCO[C@@H]1C(C(=O)O)O[C@@H](OC2C(NC(C)=O)[C@H](C)OC(CO)[C@H]2O)C(O)C1O. The second-order valence-electron chi connectivity index (χ2n) is 7.04. The van der Waals surface area contributed by atoms with Gasteiger partial charge in [0.05, 0.1) is 18.8 Å². The number of aliphatic carboxylic acids is 1. The number of carbonyl (C=O) groups excluding carboxylic acids is 1. The van der Waals surface area contributed by atoms with E-state index in [1.807, 2.05) is 0 Å². The Kier molecular flexibility index (Phi) is 8.31. The Morgan fingerprint density at radius 1 is 1.07 bits per heavy atom. The third-order valence-corrected chi connectivity index (χ3v) is 4.95. The first-order valence-corrected chi connectivity index (χ1v) is 9.35. The van der Waals surface area contributed by atoms with Crippen molar-refractivity contribution in [2.24, 2.45) is 0 Å². The van der Waals surface area contributed by atoms with Crippen LogP contribution in [0.3, 0.4) is 0 Å². The van der Waals surface area contributed by atoms with Crippen LogP contribution in [0.15, 0.2) is 0 Å². The summed E-state index contributed by atoms with van der Waals surface area (Å²) in [5, 5.41) is 52.6. The molecule has 1 amide bonds. The van der Waals surface area contributed by atoms with Crippen LogP contribution in [-0.4, -0.2) is 112 Å². The van der Waals surface area contributed by atoms with Crippen LogP contribution < -0.4 is 5.32 Å². The summed E-state index contributed by atoms with van der Waals surface area (Å²) in [5.74, 6) is -1.88. The Bertz CT molecular complexity index is 576. The molecule has 0 aliphatic carbocycles. The number of hydrogen-bond acceptors (Lipinski definition) is 10. The van der Waals surface area contributed by atoms with Crippen LogP contribution >= 0.6 is 0 Å². The molecule has 0 aromatic rings. The smallest absolute Gasteiger partial charge is 0.335 e. The molecule has 0 saturated carbocycles. The third kappa shape index (κ3) is 5.22. The molecule has 6 N–H and O–H groups in total. The van der Waals surface area contributed by atoms with E-state index >= 15 is 0 Å². The fourth-order valence-corrected chi connectivity index (χ4v) is 3.56. The molecule has 12 heteroatoms. The Hall–Kier alpha value is -1.38. The molecular formula is C17H29NO11. The standard InChI is InChI=1S/C17H29NO11/c1-4-26-14-11(22)12(23)17(29-15(14)16(24)25)28-13-9(18-7(3)20)6(2)27-8(5-19)10(13)21/h6,8-15,17,19,21-23H,4-5H2,1-3H3,(H,18,20)(H,24,25)/t6-,8?,9?,10+,11?,12?,13?,14-,15?,17+/m0/s1. The van der Waals surface area contributed by atoms with Crippen molar-refractivity contribution in [2.75, 3.05) is 13.2 Å². The number of aliphatic hydroxyl groups is 4. The minimum atomic E-state index is -1.70. The minimum absolute atomic E-state index is 0.0755. The van der Waals surface area contributed by atoms with Gasteiger partial charge in [0.1, 0.15) is 36.6 Å². The first-order valence-electron chi connectivity index (χ1n) is 9.35. The van der Waals surface area contributed by atoms with E-state index in [0.717, 1.165) is 0 Å². The summed E-state index contributed by atoms with van der Waals surface area (Å²) < 4.78 is 21.6. The zero-order valence-corrected chi connectivity index (χ0v) is 16.4. The summed E-state index contributed by atoms with van der Waals surface area (Å²) in [6, 6.07) is -0.897. The first kappa shape index (κ1) is 23.9. The van der Waals surface area contributed by atoms with E-state index in [0.29, 0.717) is 0 Å². The number of hydrogen-bond donors (Lipinski definition) is 6. The third-order valence-electron chi connectivity index (χ3n) is 4.95. The van der Waals surface area contributed by atoms with Gasteiger partial charge in [-0.25, -0.2) is 4.79 Å². The first-order chi connectivity index (χ1) is 13.6. The number of aliphatic hydroxyl groups excluding tert-OH is 4. The molecule has 12 nitrogen and oxygen atoms in total. The summed E-state index contributed by atoms with van der Waals surface area (Å²) in [6.45, 7) is 3.96. The van der Waals surface area contributed by atoms with Crippen LogP contribution in [0.1, 0.15) is 20.8 Å². The number of carboxylic acid groups (broad SMARTS) is 1. The monoisotopic (exact) mass is 423 g/mol. The van der Waals surface area contributed by atoms with Crippen molar-refractivity contribution >= 4 is 11.9 Å². The van der Waals surface area contributed by atoms with Gasteiger partial charge in [0.2, 0.25) is 5.91 Å². The van der Waals surface area contributed by atoms with Gasteiger partial charge >= 0.3 is 5.97 Å². The molecule has 2 fully saturated rings. The summed E-state index contributed by atoms with van der Waals surface area (Å²) in [4.78, 5) is 23.1. The number of nitrogens with one attached hydrogen (secondary N) is 1. The highest BCUT2D eigenvalue weighted by Crippen LogP contribution is 2.30. The van der Waals surface area contributed by atoms with Gasteiger partial charge in [-0.2, -0.15) is 0 Å². The predicted octanol–water partition coefficient (Wildman–Crippen LogP) is -3.05. The second kappa shape index (κ2) is 10.1. The average Bonchev–Trinajstić information content (AvgIpc) is 2.65. The zero-order valence-electron chi connectivity index (χ0n) is 16.4. The topological polar surface area (TPSA) is 184 Å². The van der Waals surface area contributed by atoms with Gasteiger partial charge in [-0.3, -0.25) is 4.79 Å². The average molecular weight is 423 g/mol. The lowest BCUT2D eigenvalue weighted by atomic mass is 9.92. The molecule has 2 rings (SSSR count). The maximum absolute atomic E-state index is 11.6. The van der Waals surface area contributed by atoms with Gasteiger partial charge in [-0.05, 0) is 13.8 Å². The highest BCUT2D eigenvalue weighted by atomic mass is 16.7. The predicted molar refractivity (Wildman–Crippen MR) is 93.6 cm³/mol. The molecule has 0 spiro atoms. The molecular weight excluding hydrogens is 394 g/mol. The molecule has 6 unspecified atom stereocenters. The maximum atomic E-state index is 11.6. The molecule has 168 valence electrons. The second-order valence-corrected chi connectivity index (χ2v) is 7.04. The lowest BCUT2D eigenvalue weighted by Gasteiger charge is -2.47. The van der Waals surface area contributed by atoms with E-state index in [1.54, 1.807) is 13.8 Å². The zero-order chi connectivity index (χ0) is 21.9. The Morgan fingerprint density at radius 3 is 2.24 bits per heavy atom. The lowest BCUT2D eigenvalue weighted by Crippen LogP contribution is -2.67. The Balaban J connectivity index is 2.26. The van der Waals surface area contributed by atoms with Crippen LogP contribution in [0.4, 0.5) is 0 Å². The van der Waals surface area contributed by atoms with Gasteiger partial charge in [0.15, 0.2) is 12.4 Å². The Morgan fingerprint density at radius 2 is 1.72 bits per heavy atom. The highest BCUT2D eigenvalue weighted by Gasteiger charge is 2.52. The van der Waals surface area contributed by atoms with Crippen molar-refractivity contribution in [3.05, 3.63) is 0 Å². The van der Waals surface area contributed by atoms with Crippen LogP contribution in [0, 0.1) is 0 Å². The number of carboxylic acids is 1. The van der Waals surface area contributed by atoms with Crippen molar-refractivity contribution in [1.82, 2.24) is 5.32 Å². The molecule has 0 aromatic carbocycles. The van der Waals surface area contributed by atoms with Crippen LogP contribution in [0.25, 0.3) is 0 Å². The molecule has 2 aliphatic rings. The lowest BCUT2D eigenvalue weighted by molar-refractivity contribution is -0.329. The van der Waals surface area contributed by atoms with E-state index < -0.39 is 79.6 Å². The van der Waals surface area contributed by atoms with Crippen molar-refractivity contribution < 1.29 is 54.1 Å². The molecule has 29 heavy (non-hydrogen) atoms.